The Morgan fingerprint density at radius 3 is 3.05 bits per heavy atom. The summed E-state index contributed by atoms with van der Waals surface area (Å²) in [6.45, 7) is 4.05. The number of aromatic amines is 1. The van der Waals surface area contributed by atoms with E-state index in [-0.39, 0.29) is 11.9 Å². The molecule has 1 aliphatic rings. The molecular formula is C16H20N4OS. The Kier molecular flexibility index (Phi) is 4.47. The van der Waals surface area contributed by atoms with E-state index in [9.17, 15) is 4.79 Å². The second kappa shape index (κ2) is 6.52. The van der Waals surface area contributed by atoms with E-state index in [2.05, 4.69) is 45.6 Å². The lowest BCUT2D eigenvalue weighted by atomic mass is 10.0. The minimum atomic E-state index is 0.0910. The van der Waals surface area contributed by atoms with E-state index in [4.69, 9.17) is 0 Å². The van der Waals surface area contributed by atoms with Gasteiger partial charge in [-0.15, -0.1) is 5.10 Å². The van der Waals surface area contributed by atoms with Gasteiger partial charge in [-0.1, -0.05) is 43.0 Å². The highest BCUT2D eigenvalue weighted by atomic mass is 32.2. The summed E-state index contributed by atoms with van der Waals surface area (Å²) in [6, 6.07) is 8.51. The number of hydrogen-bond acceptors (Lipinski definition) is 4. The predicted octanol–water partition coefficient (Wildman–Crippen LogP) is 2.65. The first-order valence-corrected chi connectivity index (χ1v) is 8.51. The van der Waals surface area contributed by atoms with Gasteiger partial charge in [0.05, 0.1) is 6.04 Å². The van der Waals surface area contributed by atoms with Gasteiger partial charge in [-0.25, -0.2) is 4.98 Å². The van der Waals surface area contributed by atoms with Crippen LogP contribution < -0.4 is 5.32 Å². The molecule has 0 unspecified atom stereocenters. The fourth-order valence-electron chi connectivity index (χ4n) is 2.88. The SMILES string of the molecule is Cc1nc(SCCC(=O)N[C@@H]2c3ccccc3C[C@@H]2C)n[nH]1. The number of hydrogen-bond donors (Lipinski definition) is 2. The average molecular weight is 316 g/mol. The minimum Gasteiger partial charge on any atom is -0.349 e. The average Bonchev–Trinajstić information content (AvgIpc) is 3.03. The molecule has 1 aromatic heterocycles. The van der Waals surface area contributed by atoms with Gasteiger partial charge < -0.3 is 5.32 Å². The van der Waals surface area contributed by atoms with Gasteiger partial charge in [-0.2, -0.15) is 0 Å². The highest BCUT2D eigenvalue weighted by Crippen LogP contribution is 2.35. The maximum Gasteiger partial charge on any atom is 0.221 e. The molecule has 1 heterocycles. The monoisotopic (exact) mass is 316 g/mol. The highest BCUT2D eigenvalue weighted by molar-refractivity contribution is 7.99. The van der Waals surface area contributed by atoms with Crippen LogP contribution >= 0.6 is 11.8 Å². The van der Waals surface area contributed by atoms with Crippen LogP contribution in [-0.2, 0) is 11.2 Å². The maximum absolute atomic E-state index is 12.2. The number of nitrogens with one attached hydrogen (secondary N) is 2. The first-order valence-electron chi connectivity index (χ1n) is 7.52. The lowest BCUT2D eigenvalue weighted by Gasteiger charge is -2.18. The Bertz CT molecular complexity index is 670. The van der Waals surface area contributed by atoms with Crippen molar-refractivity contribution in [3.05, 3.63) is 41.2 Å². The van der Waals surface area contributed by atoms with Gasteiger partial charge >= 0.3 is 0 Å². The second-order valence-corrected chi connectivity index (χ2v) is 6.79. The van der Waals surface area contributed by atoms with E-state index < -0.39 is 0 Å². The molecule has 22 heavy (non-hydrogen) atoms. The van der Waals surface area contributed by atoms with Crippen molar-refractivity contribution in [3.63, 3.8) is 0 Å². The van der Waals surface area contributed by atoms with Crippen LogP contribution in [0.25, 0.3) is 0 Å². The molecule has 1 aliphatic carbocycles. The Balaban J connectivity index is 1.51. The number of carbonyl (C=O) groups excluding carboxylic acids is 1. The standard InChI is InChI=1S/C16H20N4OS/c1-10-9-12-5-3-4-6-13(12)15(10)18-14(21)7-8-22-16-17-11(2)19-20-16/h3-6,10,15H,7-9H2,1-2H3,(H,18,21)(H,17,19,20)/t10-,15-/m0/s1. The number of amides is 1. The second-order valence-electron chi connectivity index (χ2n) is 5.73. The molecule has 2 atom stereocenters. The maximum atomic E-state index is 12.2. The Hall–Kier alpha value is -1.82. The van der Waals surface area contributed by atoms with Gasteiger partial charge in [-0.05, 0) is 30.4 Å². The van der Waals surface area contributed by atoms with Crippen molar-refractivity contribution in [2.24, 2.45) is 5.92 Å². The zero-order chi connectivity index (χ0) is 15.5. The van der Waals surface area contributed by atoms with Gasteiger partial charge in [0.15, 0.2) is 0 Å². The predicted molar refractivity (Wildman–Crippen MR) is 86.7 cm³/mol. The Labute approximate surface area is 134 Å². The van der Waals surface area contributed by atoms with Crippen LogP contribution in [0.5, 0.6) is 0 Å². The quantitative estimate of drug-likeness (QED) is 0.832. The van der Waals surface area contributed by atoms with E-state index in [1.54, 1.807) is 0 Å². The molecule has 1 aromatic carbocycles. The number of thioether (sulfide) groups is 1. The summed E-state index contributed by atoms with van der Waals surface area (Å²) in [6.07, 6.45) is 1.51. The summed E-state index contributed by atoms with van der Waals surface area (Å²) in [5, 5.41) is 10.7. The molecule has 6 heteroatoms. The zero-order valence-corrected chi connectivity index (χ0v) is 13.6. The first kappa shape index (κ1) is 15.1. The third kappa shape index (κ3) is 3.32. The number of nitrogens with zero attached hydrogens (tertiary/aromatic N) is 2. The van der Waals surface area contributed by atoms with E-state index >= 15 is 0 Å². The van der Waals surface area contributed by atoms with Gasteiger partial charge in [-0.3, -0.25) is 9.89 Å². The molecule has 5 nitrogen and oxygen atoms in total. The van der Waals surface area contributed by atoms with Crippen LogP contribution in [0.1, 0.15) is 36.3 Å². The number of carbonyl (C=O) groups is 1. The molecule has 3 rings (SSSR count). The van der Waals surface area contributed by atoms with Crippen LogP contribution in [0, 0.1) is 12.8 Å². The highest BCUT2D eigenvalue weighted by Gasteiger charge is 2.29. The number of aryl methyl sites for hydroxylation is 1. The molecule has 0 fully saturated rings. The fraction of sp³-hybridized carbons (Fsp3) is 0.438. The van der Waals surface area contributed by atoms with Crippen molar-refractivity contribution in [2.45, 2.75) is 37.9 Å². The van der Waals surface area contributed by atoms with Crippen molar-refractivity contribution in [3.8, 4) is 0 Å². The van der Waals surface area contributed by atoms with E-state index in [1.165, 1.54) is 22.9 Å². The first-order chi connectivity index (χ1) is 10.6. The summed E-state index contributed by atoms with van der Waals surface area (Å²) in [5.74, 6) is 2.02. The van der Waals surface area contributed by atoms with Crippen molar-refractivity contribution in [2.75, 3.05) is 5.75 Å². The summed E-state index contributed by atoms with van der Waals surface area (Å²) in [7, 11) is 0. The van der Waals surface area contributed by atoms with Gasteiger partial charge in [0, 0.05) is 12.2 Å². The topological polar surface area (TPSA) is 70.7 Å². The molecule has 1 amide bonds. The summed E-state index contributed by atoms with van der Waals surface area (Å²) in [4.78, 5) is 16.4. The number of fused-ring (bicyclic) bond motifs is 1. The van der Waals surface area contributed by atoms with Crippen molar-refractivity contribution in [1.82, 2.24) is 20.5 Å². The Morgan fingerprint density at radius 2 is 2.27 bits per heavy atom. The molecule has 2 N–H and O–H groups in total. The van der Waals surface area contributed by atoms with Gasteiger partial charge in [0.1, 0.15) is 5.82 Å². The zero-order valence-electron chi connectivity index (χ0n) is 12.8. The molecule has 0 spiro atoms. The molecule has 116 valence electrons. The third-order valence-electron chi connectivity index (χ3n) is 3.95. The molecular weight excluding hydrogens is 296 g/mol. The molecule has 0 saturated heterocycles. The van der Waals surface area contributed by atoms with E-state index in [0.29, 0.717) is 23.2 Å². The largest absolute Gasteiger partial charge is 0.349 e. The number of aromatic nitrogens is 3. The molecule has 0 radical (unpaired) electrons. The minimum absolute atomic E-state index is 0.0910. The molecule has 0 saturated carbocycles. The summed E-state index contributed by atoms with van der Waals surface area (Å²) >= 11 is 1.50. The van der Waals surface area contributed by atoms with Crippen molar-refractivity contribution >= 4 is 17.7 Å². The van der Waals surface area contributed by atoms with Crippen LogP contribution in [0.2, 0.25) is 0 Å². The van der Waals surface area contributed by atoms with Crippen LogP contribution in [-0.4, -0.2) is 26.8 Å². The van der Waals surface area contributed by atoms with Crippen LogP contribution in [0.4, 0.5) is 0 Å². The van der Waals surface area contributed by atoms with Gasteiger partial charge in [0.25, 0.3) is 0 Å². The number of rotatable bonds is 5. The normalized spacial score (nSPS) is 19.9. The molecule has 0 aliphatic heterocycles. The molecule has 2 aromatic rings. The van der Waals surface area contributed by atoms with Crippen molar-refractivity contribution < 1.29 is 4.79 Å². The lowest BCUT2D eigenvalue weighted by Crippen LogP contribution is -2.30. The number of benzene rings is 1. The summed E-state index contributed by atoms with van der Waals surface area (Å²) in [5.41, 5.74) is 2.62. The van der Waals surface area contributed by atoms with E-state index in [0.717, 1.165) is 12.2 Å². The van der Waals surface area contributed by atoms with Gasteiger partial charge in [0.2, 0.25) is 11.1 Å². The lowest BCUT2D eigenvalue weighted by molar-refractivity contribution is -0.121. The van der Waals surface area contributed by atoms with Crippen LogP contribution in [0.3, 0.4) is 0 Å². The van der Waals surface area contributed by atoms with E-state index in [1.807, 2.05) is 13.0 Å². The third-order valence-corrected chi connectivity index (χ3v) is 4.80. The fourth-order valence-corrected chi connectivity index (χ4v) is 3.66. The van der Waals surface area contributed by atoms with Crippen LogP contribution in [0.15, 0.2) is 29.4 Å². The number of H-pyrrole nitrogens is 1. The van der Waals surface area contributed by atoms with Crippen molar-refractivity contribution in [1.29, 1.82) is 0 Å². The Morgan fingerprint density at radius 1 is 1.45 bits per heavy atom. The smallest absolute Gasteiger partial charge is 0.221 e. The molecule has 0 bridgehead atoms. The summed E-state index contributed by atoms with van der Waals surface area (Å²) < 4.78 is 0.